The summed E-state index contributed by atoms with van der Waals surface area (Å²) < 4.78 is 38.4. The highest BCUT2D eigenvalue weighted by molar-refractivity contribution is 6.00. The lowest BCUT2D eigenvalue weighted by molar-refractivity contribution is -0.141. The Bertz CT molecular complexity index is 852. The lowest BCUT2D eigenvalue weighted by atomic mass is 10.2. The second kappa shape index (κ2) is 5.71. The topological polar surface area (TPSA) is 59.8 Å². The van der Waals surface area contributed by atoms with E-state index in [2.05, 4.69) is 15.4 Å². The van der Waals surface area contributed by atoms with Crippen LogP contribution in [0.5, 0.6) is 0 Å². The van der Waals surface area contributed by atoms with Crippen LogP contribution in [0.1, 0.15) is 5.69 Å². The number of pyridine rings is 1. The van der Waals surface area contributed by atoms with Crippen LogP contribution in [0.3, 0.4) is 0 Å². The van der Waals surface area contributed by atoms with Gasteiger partial charge in [0.2, 0.25) is 5.91 Å². The average molecular weight is 320 g/mol. The van der Waals surface area contributed by atoms with Crippen LogP contribution in [0.4, 0.5) is 18.9 Å². The number of anilines is 1. The summed E-state index contributed by atoms with van der Waals surface area (Å²) >= 11 is 0. The van der Waals surface area contributed by atoms with Gasteiger partial charge >= 0.3 is 6.18 Å². The molecule has 3 rings (SSSR count). The van der Waals surface area contributed by atoms with E-state index in [1.807, 2.05) is 0 Å². The minimum Gasteiger partial charge on any atom is -0.324 e. The van der Waals surface area contributed by atoms with E-state index >= 15 is 0 Å². The molecule has 1 aromatic carbocycles. The third kappa shape index (κ3) is 3.31. The molecule has 1 N–H and O–H groups in total. The van der Waals surface area contributed by atoms with Crippen LogP contribution in [0, 0.1) is 0 Å². The first-order valence-electron chi connectivity index (χ1n) is 6.68. The van der Waals surface area contributed by atoms with Crippen molar-refractivity contribution in [2.45, 2.75) is 12.7 Å². The minimum absolute atomic E-state index is 0.313. The van der Waals surface area contributed by atoms with Gasteiger partial charge in [0, 0.05) is 17.8 Å². The predicted octanol–water partition coefficient (Wildman–Crippen LogP) is 3.09. The van der Waals surface area contributed by atoms with Crippen molar-refractivity contribution in [2.24, 2.45) is 0 Å². The number of nitrogens with one attached hydrogen (secondary N) is 1. The number of alkyl halides is 3. The molecule has 2 heterocycles. The number of amides is 1. The zero-order valence-corrected chi connectivity index (χ0v) is 11.7. The predicted molar refractivity (Wildman–Crippen MR) is 77.6 cm³/mol. The Kier molecular flexibility index (Phi) is 3.73. The van der Waals surface area contributed by atoms with Gasteiger partial charge in [0.15, 0.2) is 5.69 Å². The molecule has 0 saturated carbocycles. The van der Waals surface area contributed by atoms with Gasteiger partial charge in [-0.2, -0.15) is 18.3 Å². The molecule has 118 valence electrons. The molecule has 8 heteroatoms. The molecule has 0 radical (unpaired) electrons. The fourth-order valence-electron chi connectivity index (χ4n) is 2.15. The maximum absolute atomic E-state index is 12.5. The molecular formula is C15H11F3N4O. The molecule has 2 aromatic heterocycles. The van der Waals surface area contributed by atoms with Gasteiger partial charge < -0.3 is 5.32 Å². The summed E-state index contributed by atoms with van der Waals surface area (Å²) in [5.74, 6) is -0.474. The third-order valence-electron chi connectivity index (χ3n) is 3.16. The van der Waals surface area contributed by atoms with E-state index in [0.29, 0.717) is 11.2 Å². The number of benzene rings is 1. The smallest absolute Gasteiger partial charge is 0.324 e. The fraction of sp³-hybridized carbons (Fsp3) is 0.133. The highest BCUT2D eigenvalue weighted by Gasteiger charge is 2.33. The Balaban J connectivity index is 1.75. The Morgan fingerprint density at radius 1 is 1.17 bits per heavy atom. The third-order valence-corrected chi connectivity index (χ3v) is 3.16. The van der Waals surface area contributed by atoms with Crippen molar-refractivity contribution in [3.8, 4) is 0 Å². The molecule has 0 aliphatic carbocycles. The van der Waals surface area contributed by atoms with Crippen LogP contribution in [0.15, 0.2) is 48.8 Å². The summed E-state index contributed by atoms with van der Waals surface area (Å²) in [4.78, 5) is 16.2. The SMILES string of the molecule is O=C(Cn1ccc(C(F)(F)F)n1)Nc1cccc2ncccc12. The summed E-state index contributed by atoms with van der Waals surface area (Å²) in [7, 11) is 0. The number of hydrogen-bond donors (Lipinski definition) is 1. The van der Waals surface area contributed by atoms with E-state index in [-0.39, 0.29) is 6.54 Å². The van der Waals surface area contributed by atoms with Crippen molar-refractivity contribution in [3.63, 3.8) is 0 Å². The molecule has 0 aliphatic heterocycles. The molecule has 0 spiro atoms. The lowest BCUT2D eigenvalue weighted by Gasteiger charge is -2.08. The van der Waals surface area contributed by atoms with Gasteiger partial charge in [-0.25, -0.2) is 0 Å². The van der Waals surface area contributed by atoms with Crippen molar-refractivity contribution in [2.75, 3.05) is 5.32 Å². The van der Waals surface area contributed by atoms with E-state index < -0.39 is 17.8 Å². The molecule has 3 aromatic rings. The van der Waals surface area contributed by atoms with E-state index in [4.69, 9.17) is 0 Å². The number of aromatic nitrogens is 3. The Morgan fingerprint density at radius 3 is 2.74 bits per heavy atom. The maximum Gasteiger partial charge on any atom is 0.435 e. The fourth-order valence-corrected chi connectivity index (χ4v) is 2.15. The number of halogens is 3. The second-order valence-corrected chi connectivity index (χ2v) is 4.82. The highest BCUT2D eigenvalue weighted by Crippen LogP contribution is 2.27. The highest BCUT2D eigenvalue weighted by atomic mass is 19.4. The first kappa shape index (κ1) is 15.0. The van der Waals surface area contributed by atoms with Crippen molar-refractivity contribution in [1.82, 2.24) is 14.8 Å². The molecule has 5 nitrogen and oxygen atoms in total. The number of carbonyl (C=O) groups is 1. The lowest BCUT2D eigenvalue weighted by Crippen LogP contribution is -2.20. The molecule has 0 atom stereocenters. The van der Waals surface area contributed by atoms with Gasteiger partial charge in [-0.1, -0.05) is 6.07 Å². The molecule has 0 bridgehead atoms. The van der Waals surface area contributed by atoms with Crippen molar-refractivity contribution < 1.29 is 18.0 Å². The summed E-state index contributed by atoms with van der Waals surface area (Å²) in [5.41, 5.74) is 0.229. The maximum atomic E-state index is 12.5. The van der Waals surface area contributed by atoms with Crippen LogP contribution in [-0.4, -0.2) is 20.7 Å². The number of rotatable bonds is 3. The van der Waals surface area contributed by atoms with Crippen LogP contribution < -0.4 is 5.32 Å². The van der Waals surface area contributed by atoms with Crippen LogP contribution in [-0.2, 0) is 17.5 Å². The second-order valence-electron chi connectivity index (χ2n) is 4.82. The zero-order chi connectivity index (χ0) is 16.4. The van der Waals surface area contributed by atoms with Gasteiger partial charge in [-0.05, 0) is 30.3 Å². The van der Waals surface area contributed by atoms with E-state index in [1.54, 1.807) is 36.5 Å². The van der Waals surface area contributed by atoms with Gasteiger partial charge in [-0.3, -0.25) is 14.5 Å². The monoisotopic (exact) mass is 320 g/mol. The summed E-state index contributed by atoms with van der Waals surface area (Å²) in [6.07, 6.45) is -1.77. The first-order valence-corrected chi connectivity index (χ1v) is 6.68. The van der Waals surface area contributed by atoms with Gasteiger partial charge in [0.1, 0.15) is 6.54 Å². The number of nitrogens with zero attached hydrogens (tertiary/aromatic N) is 3. The van der Waals surface area contributed by atoms with Crippen molar-refractivity contribution in [1.29, 1.82) is 0 Å². The Morgan fingerprint density at radius 2 is 2.00 bits per heavy atom. The molecule has 0 fully saturated rings. The normalized spacial score (nSPS) is 11.6. The van der Waals surface area contributed by atoms with Crippen LogP contribution in [0.2, 0.25) is 0 Å². The molecule has 0 saturated heterocycles. The first-order chi connectivity index (χ1) is 10.9. The van der Waals surface area contributed by atoms with Crippen LogP contribution in [0.25, 0.3) is 10.9 Å². The minimum atomic E-state index is -4.52. The zero-order valence-electron chi connectivity index (χ0n) is 11.7. The summed E-state index contributed by atoms with van der Waals surface area (Å²) in [5, 5.41) is 6.75. The van der Waals surface area contributed by atoms with Gasteiger partial charge in [-0.15, -0.1) is 0 Å². The quantitative estimate of drug-likeness (QED) is 0.807. The Labute approximate surface area is 128 Å². The summed E-state index contributed by atoms with van der Waals surface area (Å²) in [6.45, 7) is -0.313. The number of fused-ring (bicyclic) bond motifs is 1. The standard InChI is InChI=1S/C15H11F3N4O/c16-15(17,18)13-6-8-22(21-13)9-14(23)20-12-5-1-4-11-10(12)3-2-7-19-11/h1-8H,9H2,(H,20,23). The molecule has 0 aliphatic rings. The molecule has 0 unspecified atom stereocenters. The number of carbonyl (C=O) groups excluding carboxylic acids is 1. The summed E-state index contributed by atoms with van der Waals surface area (Å²) in [6, 6.07) is 9.60. The van der Waals surface area contributed by atoms with Crippen molar-refractivity contribution in [3.05, 3.63) is 54.5 Å². The van der Waals surface area contributed by atoms with E-state index in [1.165, 1.54) is 0 Å². The largest absolute Gasteiger partial charge is 0.435 e. The Hall–Kier alpha value is -2.90. The van der Waals surface area contributed by atoms with E-state index in [0.717, 1.165) is 22.3 Å². The molecule has 1 amide bonds. The number of hydrogen-bond acceptors (Lipinski definition) is 3. The van der Waals surface area contributed by atoms with Gasteiger partial charge in [0.05, 0.1) is 11.2 Å². The van der Waals surface area contributed by atoms with Gasteiger partial charge in [0.25, 0.3) is 0 Å². The molecule has 23 heavy (non-hydrogen) atoms. The van der Waals surface area contributed by atoms with Crippen LogP contribution >= 0.6 is 0 Å². The molecular weight excluding hydrogens is 309 g/mol. The van der Waals surface area contributed by atoms with Crippen molar-refractivity contribution >= 4 is 22.5 Å². The van der Waals surface area contributed by atoms with E-state index in [9.17, 15) is 18.0 Å². The average Bonchev–Trinajstić information content (AvgIpc) is 2.96.